The number of rotatable bonds is 2. The molecule has 1 heterocycles. The lowest BCUT2D eigenvalue weighted by Crippen LogP contribution is -2.21. The van der Waals surface area contributed by atoms with Crippen molar-refractivity contribution in [2.75, 3.05) is 0 Å². The molecule has 0 fully saturated rings. The van der Waals surface area contributed by atoms with Gasteiger partial charge in [-0.25, -0.2) is 0 Å². The Morgan fingerprint density at radius 3 is 2.09 bits per heavy atom. The molecule has 3 aromatic carbocycles. The predicted molar refractivity (Wildman–Crippen MR) is 88.3 cm³/mol. The van der Waals surface area contributed by atoms with Crippen molar-refractivity contribution in [3.05, 3.63) is 102 Å². The van der Waals surface area contributed by atoms with E-state index in [1.807, 2.05) is 42.5 Å². The van der Waals surface area contributed by atoms with Gasteiger partial charge in [0.25, 0.3) is 0 Å². The molecular formula is C20H15NO. The second kappa shape index (κ2) is 5.49. The van der Waals surface area contributed by atoms with E-state index in [0.717, 1.165) is 22.6 Å². The molecular weight excluding hydrogens is 270 g/mol. The van der Waals surface area contributed by atoms with E-state index in [2.05, 4.69) is 47.6 Å². The zero-order valence-electron chi connectivity index (χ0n) is 12.0. The Labute approximate surface area is 129 Å². The molecule has 2 nitrogen and oxygen atoms in total. The van der Waals surface area contributed by atoms with E-state index in [-0.39, 0.29) is 5.92 Å². The summed E-state index contributed by atoms with van der Waals surface area (Å²) in [4.78, 5) is 5.63. The lowest BCUT2D eigenvalue weighted by Gasteiger charge is -2.25. The van der Waals surface area contributed by atoms with Gasteiger partial charge in [0.2, 0.25) is 0 Å². The zero-order valence-corrected chi connectivity index (χ0v) is 12.0. The molecule has 0 amide bonds. The predicted octanol–water partition coefficient (Wildman–Crippen LogP) is 4.62. The number of oxime groups is 1. The molecule has 3 aromatic rings. The monoisotopic (exact) mass is 285 g/mol. The summed E-state index contributed by atoms with van der Waals surface area (Å²) >= 11 is 0. The van der Waals surface area contributed by atoms with Gasteiger partial charge >= 0.3 is 0 Å². The van der Waals surface area contributed by atoms with Crippen molar-refractivity contribution in [1.29, 1.82) is 0 Å². The van der Waals surface area contributed by atoms with Crippen LogP contribution in [0.2, 0.25) is 0 Å². The third-order valence-electron chi connectivity index (χ3n) is 3.95. The summed E-state index contributed by atoms with van der Waals surface area (Å²) in [6, 6.07) is 28.8. The van der Waals surface area contributed by atoms with E-state index in [4.69, 9.17) is 4.84 Å². The summed E-state index contributed by atoms with van der Waals surface area (Å²) in [6.45, 7) is 0. The third-order valence-corrected chi connectivity index (χ3v) is 3.95. The van der Waals surface area contributed by atoms with Crippen molar-refractivity contribution in [2.45, 2.75) is 5.92 Å². The minimum atomic E-state index is 0.0912. The van der Waals surface area contributed by atoms with Gasteiger partial charge < -0.3 is 4.84 Å². The van der Waals surface area contributed by atoms with Gasteiger partial charge in [-0.3, -0.25) is 0 Å². The Kier molecular flexibility index (Phi) is 3.20. The molecule has 1 aliphatic heterocycles. The largest absolute Gasteiger partial charge is 0.356 e. The summed E-state index contributed by atoms with van der Waals surface area (Å²) in [5, 5.41) is 4.42. The summed E-state index contributed by atoms with van der Waals surface area (Å²) in [5.41, 5.74) is 4.42. The van der Waals surface area contributed by atoms with Gasteiger partial charge in [0.1, 0.15) is 0 Å². The van der Waals surface area contributed by atoms with Crippen molar-refractivity contribution in [3.63, 3.8) is 0 Å². The Morgan fingerprint density at radius 1 is 0.682 bits per heavy atom. The van der Waals surface area contributed by atoms with Crippen LogP contribution in [0.3, 0.4) is 0 Å². The number of hydrogen-bond acceptors (Lipinski definition) is 2. The Morgan fingerprint density at radius 2 is 1.32 bits per heavy atom. The first-order chi connectivity index (χ1) is 10.9. The molecule has 106 valence electrons. The van der Waals surface area contributed by atoms with Crippen molar-refractivity contribution in [1.82, 2.24) is 0 Å². The lowest BCUT2D eigenvalue weighted by atomic mass is 9.83. The fourth-order valence-corrected chi connectivity index (χ4v) is 2.91. The average Bonchev–Trinajstić information content (AvgIpc) is 2.62. The second-order valence-electron chi connectivity index (χ2n) is 5.32. The van der Waals surface area contributed by atoms with Crippen LogP contribution < -0.4 is 4.84 Å². The number of hydrogen-bond donors (Lipinski definition) is 0. The number of fused-ring (bicyclic) bond motifs is 1. The van der Waals surface area contributed by atoms with E-state index in [0.29, 0.717) is 0 Å². The first-order valence-corrected chi connectivity index (χ1v) is 7.38. The Balaban J connectivity index is 1.90. The van der Waals surface area contributed by atoms with Crippen LogP contribution in [0.15, 0.2) is 90.1 Å². The first-order valence-electron chi connectivity index (χ1n) is 7.38. The standard InChI is InChI=1S/C20H15NO/c1-3-9-15(10-4-1)19-17-13-7-8-14-18(17)22-21-20(19)16-11-5-2-6-12-16/h1-14,19H. The normalized spacial score (nSPS) is 16.4. The van der Waals surface area contributed by atoms with Gasteiger partial charge in [0.05, 0.1) is 11.6 Å². The lowest BCUT2D eigenvalue weighted by molar-refractivity contribution is 0.328. The van der Waals surface area contributed by atoms with E-state index >= 15 is 0 Å². The van der Waals surface area contributed by atoms with Crippen molar-refractivity contribution in [3.8, 4) is 5.75 Å². The smallest absolute Gasteiger partial charge is 0.162 e. The molecule has 0 bridgehead atoms. The average molecular weight is 285 g/mol. The summed E-state index contributed by atoms with van der Waals surface area (Å²) < 4.78 is 0. The number of benzene rings is 3. The highest BCUT2D eigenvalue weighted by Crippen LogP contribution is 2.38. The molecule has 2 heteroatoms. The van der Waals surface area contributed by atoms with Gasteiger partial charge in [-0.15, -0.1) is 0 Å². The molecule has 0 N–H and O–H groups in total. The highest BCUT2D eigenvalue weighted by molar-refractivity contribution is 6.07. The summed E-state index contributed by atoms with van der Waals surface area (Å²) in [6.07, 6.45) is 0. The fraction of sp³-hybridized carbons (Fsp3) is 0.0500. The first kappa shape index (κ1) is 12.8. The molecule has 1 aliphatic rings. The van der Waals surface area contributed by atoms with Crippen LogP contribution in [0, 0.1) is 0 Å². The minimum absolute atomic E-state index is 0.0912. The summed E-state index contributed by atoms with van der Waals surface area (Å²) in [7, 11) is 0. The molecule has 1 atom stereocenters. The molecule has 0 radical (unpaired) electrons. The van der Waals surface area contributed by atoms with Gasteiger partial charge in [-0.1, -0.05) is 84.0 Å². The van der Waals surface area contributed by atoms with Gasteiger partial charge in [-0.05, 0) is 11.6 Å². The molecule has 1 unspecified atom stereocenters. The van der Waals surface area contributed by atoms with Gasteiger partial charge in [0, 0.05) is 11.1 Å². The molecule has 0 aromatic heterocycles. The minimum Gasteiger partial charge on any atom is -0.356 e. The van der Waals surface area contributed by atoms with E-state index in [1.165, 1.54) is 5.56 Å². The quantitative estimate of drug-likeness (QED) is 0.673. The SMILES string of the molecule is c1ccc(C2=NOc3ccccc3C2c2ccccc2)cc1. The maximum Gasteiger partial charge on any atom is 0.162 e. The second-order valence-corrected chi connectivity index (χ2v) is 5.32. The van der Waals surface area contributed by atoms with Crippen LogP contribution in [-0.2, 0) is 0 Å². The highest BCUT2D eigenvalue weighted by atomic mass is 16.6. The Hall–Kier alpha value is -2.87. The van der Waals surface area contributed by atoms with E-state index < -0.39 is 0 Å². The number of nitrogens with zero attached hydrogens (tertiary/aromatic N) is 1. The van der Waals surface area contributed by atoms with Gasteiger partial charge in [0.15, 0.2) is 5.75 Å². The van der Waals surface area contributed by atoms with Gasteiger partial charge in [-0.2, -0.15) is 0 Å². The molecule has 0 saturated carbocycles. The molecule has 4 rings (SSSR count). The van der Waals surface area contributed by atoms with Crippen LogP contribution in [0.25, 0.3) is 0 Å². The molecule has 22 heavy (non-hydrogen) atoms. The zero-order chi connectivity index (χ0) is 14.8. The number of para-hydroxylation sites is 1. The van der Waals surface area contributed by atoms with Crippen LogP contribution in [0.4, 0.5) is 0 Å². The van der Waals surface area contributed by atoms with Crippen molar-refractivity contribution in [2.24, 2.45) is 5.16 Å². The van der Waals surface area contributed by atoms with E-state index in [9.17, 15) is 0 Å². The van der Waals surface area contributed by atoms with Crippen LogP contribution >= 0.6 is 0 Å². The van der Waals surface area contributed by atoms with Crippen LogP contribution in [-0.4, -0.2) is 5.71 Å². The maximum atomic E-state index is 5.63. The van der Waals surface area contributed by atoms with E-state index in [1.54, 1.807) is 0 Å². The topological polar surface area (TPSA) is 21.6 Å². The van der Waals surface area contributed by atoms with Crippen LogP contribution in [0.5, 0.6) is 5.75 Å². The van der Waals surface area contributed by atoms with Crippen molar-refractivity contribution >= 4 is 5.71 Å². The Bertz CT molecular complexity index is 809. The third kappa shape index (κ3) is 2.19. The highest BCUT2D eigenvalue weighted by Gasteiger charge is 2.28. The molecule has 0 spiro atoms. The van der Waals surface area contributed by atoms with Crippen molar-refractivity contribution < 1.29 is 4.84 Å². The summed E-state index contributed by atoms with van der Waals surface area (Å²) in [5.74, 6) is 0.921. The maximum absolute atomic E-state index is 5.63. The van der Waals surface area contributed by atoms with Crippen LogP contribution in [0.1, 0.15) is 22.6 Å². The fourth-order valence-electron chi connectivity index (χ4n) is 2.91. The molecule has 0 aliphatic carbocycles. The molecule has 0 saturated heterocycles.